The van der Waals surface area contributed by atoms with Crippen LogP contribution in [0.1, 0.15) is 11.6 Å². The van der Waals surface area contributed by atoms with Gasteiger partial charge in [-0.3, -0.25) is 9.69 Å². The van der Waals surface area contributed by atoms with E-state index in [1.54, 1.807) is 7.11 Å². The van der Waals surface area contributed by atoms with E-state index in [0.29, 0.717) is 5.75 Å². The lowest BCUT2D eigenvalue weighted by Gasteiger charge is -2.39. The summed E-state index contributed by atoms with van der Waals surface area (Å²) in [5, 5.41) is 3.07. The minimum absolute atomic E-state index is 0.0410. The SMILES string of the molecule is COc1cccc(NC(=O)C(c2ccccc2)N2CCN(c3ccccn3)CC2)c1. The number of aromatic nitrogens is 1. The zero-order valence-electron chi connectivity index (χ0n) is 17.1. The van der Waals surface area contributed by atoms with Crippen LogP contribution < -0.4 is 15.0 Å². The zero-order valence-corrected chi connectivity index (χ0v) is 17.1. The average molecular weight is 402 g/mol. The van der Waals surface area contributed by atoms with Gasteiger partial charge in [0.15, 0.2) is 0 Å². The number of ether oxygens (including phenoxy) is 1. The molecule has 1 atom stereocenters. The zero-order chi connectivity index (χ0) is 20.8. The molecule has 2 aromatic carbocycles. The Morgan fingerprint density at radius 1 is 0.967 bits per heavy atom. The summed E-state index contributed by atoms with van der Waals surface area (Å²) in [5.74, 6) is 1.66. The van der Waals surface area contributed by atoms with Crippen molar-refractivity contribution >= 4 is 17.4 Å². The van der Waals surface area contributed by atoms with Crippen LogP contribution in [0.15, 0.2) is 79.0 Å². The molecule has 0 radical (unpaired) electrons. The second-order valence-electron chi connectivity index (χ2n) is 7.25. The number of carbonyl (C=O) groups excluding carboxylic acids is 1. The summed E-state index contributed by atoms with van der Waals surface area (Å²) in [6.07, 6.45) is 1.82. The van der Waals surface area contributed by atoms with E-state index in [4.69, 9.17) is 4.74 Å². The van der Waals surface area contributed by atoms with Crippen LogP contribution in [-0.4, -0.2) is 49.1 Å². The number of hydrogen-bond acceptors (Lipinski definition) is 5. The molecule has 6 heteroatoms. The van der Waals surface area contributed by atoms with Crippen LogP contribution in [0.25, 0.3) is 0 Å². The van der Waals surface area contributed by atoms with Crippen molar-refractivity contribution in [3.05, 3.63) is 84.6 Å². The first-order valence-electron chi connectivity index (χ1n) is 10.1. The predicted octanol–water partition coefficient (Wildman–Crippen LogP) is 3.59. The third-order valence-corrected chi connectivity index (χ3v) is 5.35. The fourth-order valence-corrected chi connectivity index (χ4v) is 3.82. The van der Waals surface area contributed by atoms with Gasteiger partial charge in [0.1, 0.15) is 17.6 Å². The lowest BCUT2D eigenvalue weighted by molar-refractivity contribution is -0.121. The van der Waals surface area contributed by atoms with Gasteiger partial charge < -0.3 is 15.0 Å². The van der Waals surface area contributed by atoms with Crippen LogP contribution in [0.3, 0.4) is 0 Å². The van der Waals surface area contributed by atoms with Crippen molar-refractivity contribution in [3.8, 4) is 5.75 Å². The van der Waals surface area contributed by atoms with Crippen LogP contribution in [0, 0.1) is 0 Å². The van der Waals surface area contributed by atoms with E-state index in [1.807, 2.05) is 79.0 Å². The van der Waals surface area contributed by atoms with Gasteiger partial charge in [-0.05, 0) is 29.8 Å². The Morgan fingerprint density at radius 2 is 1.73 bits per heavy atom. The van der Waals surface area contributed by atoms with E-state index in [-0.39, 0.29) is 11.9 Å². The maximum atomic E-state index is 13.3. The highest BCUT2D eigenvalue weighted by Crippen LogP contribution is 2.26. The highest BCUT2D eigenvalue weighted by atomic mass is 16.5. The number of anilines is 2. The van der Waals surface area contributed by atoms with E-state index in [1.165, 1.54) is 0 Å². The van der Waals surface area contributed by atoms with Gasteiger partial charge in [0.05, 0.1) is 7.11 Å². The third-order valence-electron chi connectivity index (χ3n) is 5.35. The monoisotopic (exact) mass is 402 g/mol. The highest BCUT2D eigenvalue weighted by molar-refractivity contribution is 5.95. The fraction of sp³-hybridized carbons (Fsp3) is 0.250. The number of methoxy groups -OCH3 is 1. The highest BCUT2D eigenvalue weighted by Gasteiger charge is 2.30. The molecule has 0 spiro atoms. The van der Waals surface area contributed by atoms with Gasteiger partial charge in [0.25, 0.3) is 0 Å². The predicted molar refractivity (Wildman–Crippen MR) is 119 cm³/mol. The molecule has 6 nitrogen and oxygen atoms in total. The van der Waals surface area contributed by atoms with Crippen molar-refractivity contribution in [2.45, 2.75) is 6.04 Å². The largest absolute Gasteiger partial charge is 0.497 e. The summed E-state index contributed by atoms with van der Waals surface area (Å²) in [6, 6.07) is 23.0. The van der Waals surface area contributed by atoms with Gasteiger partial charge >= 0.3 is 0 Å². The fourth-order valence-electron chi connectivity index (χ4n) is 3.82. The Balaban J connectivity index is 1.51. The van der Waals surface area contributed by atoms with E-state index in [2.05, 4.69) is 20.1 Å². The number of nitrogens with one attached hydrogen (secondary N) is 1. The second-order valence-corrected chi connectivity index (χ2v) is 7.25. The molecule has 0 bridgehead atoms. The van der Waals surface area contributed by atoms with Crippen LogP contribution in [0.4, 0.5) is 11.5 Å². The van der Waals surface area contributed by atoms with Gasteiger partial charge in [0, 0.05) is 44.1 Å². The molecule has 1 amide bonds. The minimum Gasteiger partial charge on any atom is -0.497 e. The van der Waals surface area contributed by atoms with Gasteiger partial charge in [-0.1, -0.05) is 42.5 Å². The molecule has 1 aromatic heterocycles. The summed E-state index contributed by atoms with van der Waals surface area (Å²) in [4.78, 5) is 22.3. The molecule has 1 saturated heterocycles. The van der Waals surface area contributed by atoms with Gasteiger partial charge in [-0.15, -0.1) is 0 Å². The molecular weight excluding hydrogens is 376 g/mol. The molecule has 0 saturated carbocycles. The van der Waals surface area contributed by atoms with Gasteiger partial charge in [0.2, 0.25) is 5.91 Å². The first-order chi connectivity index (χ1) is 14.7. The Kier molecular flexibility index (Phi) is 6.25. The van der Waals surface area contributed by atoms with E-state index in [9.17, 15) is 4.79 Å². The van der Waals surface area contributed by atoms with Crippen LogP contribution in [0.2, 0.25) is 0 Å². The normalized spacial score (nSPS) is 15.4. The second kappa shape index (κ2) is 9.41. The summed E-state index contributed by atoms with van der Waals surface area (Å²) in [7, 11) is 1.62. The lowest BCUT2D eigenvalue weighted by Crippen LogP contribution is -2.50. The summed E-state index contributed by atoms with van der Waals surface area (Å²) >= 11 is 0. The maximum absolute atomic E-state index is 13.3. The molecule has 1 N–H and O–H groups in total. The molecule has 1 aliphatic heterocycles. The van der Waals surface area contributed by atoms with E-state index < -0.39 is 0 Å². The summed E-state index contributed by atoms with van der Waals surface area (Å²) < 4.78 is 5.28. The van der Waals surface area contributed by atoms with E-state index >= 15 is 0 Å². The molecule has 3 aromatic rings. The topological polar surface area (TPSA) is 57.7 Å². The number of piperazine rings is 1. The third kappa shape index (κ3) is 4.60. The molecule has 30 heavy (non-hydrogen) atoms. The standard InChI is InChI=1S/C24H26N4O2/c1-30-21-11-7-10-20(18-21)26-24(29)23(19-8-3-2-4-9-19)28-16-14-27(15-17-28)22-12-5-6-13-25-22/h2-13,18,23H,14-17H2,1H3,(H,26,29). The van der Waals surface area contributed by atoms with Crippen LogP contribution in [0.5, 0.6) is 5.75 Å². The Labute approximate surface area is 177 Å². The molecule has 1 fully saturated rings. The van der Waals surface area contributed by atoms with Crippen molar-refractivity contribution in [1.29, 1.82) is 0 Å². The first-order valence-corrected chi connectivity index (χ1v) is 10.1. The smallest absolute Gasteiger partial charge is 0.246 e. The number of nitrogens with zero attached hydrogens (tertiary/aromatic N) is 3. The molecule has 4 rings (SSSR count). The van der Waals surface area contributed by atoms with Crippen molar-refractivity contribution in [3.63, 3.8) is 0 Å². The lowest BCUT2D eigenvalue weighted by atomic mass is 10.0. The van der Waals surface area contributed by atoms with Gasteiger partial charge in [-0.25, -0.2) is 4.98 Å². The van der Waals surface area contributed by atoms with Crippen molar-refractivity contribution in [2.24, 2.45) is 0 Å². The Morgan fingerprint density at radius 3 is 2.43 bits per heavy atom. The maximum Gasteiger partial charge on any atom is 0.246 e. The number of hydrogen-bond donors (Lipinski definition) is 1. The van der Waals surface area contributed by atoms with Gasteiger partial charge in [-0.2, -0.15) is 0 Å². The van der Waals surface area contributed by atoms with Crippen LogP contribution >= 0.6 is 0 Å². The van der Waals surface area contributed by atoms with E-state index in [0.717, 1.165) is 43.2 Å². The van der Waals surface area contributed by atoms with Crippen LogP contribution in [-0.2, 0) is 4.79 Å². The quantitative estimate of drug-likeness (QED) is 0.683. The molecule has 1 unspecified atom stereocenters. The Bertz CT molecular complexity index is 957. The number of rotatable bonds is 6. The number of amides is 1. The average Bonchev–Trinajstić information content (AvgIpc) is 2.81. The number of benzene rings is 2. The van der Waals surface area contributed by atoms with Crippen molar-refractivity contribution < 1.29 is 9.53 Å². The van der Waals surface area contributed by atoms with Crippen molar-refractivity contribution in [2.75, 3.05) is 43.5 Å². The molecule has 154 valence electrons. The molecule has 1 aliphatic rings. The Hall–Kier alpha value is -3.38. The summed E-state index contributed by atoms with van der Waals surface area (Å²) in [6.45, 7) is 3.21. The number of carbonyl (C=O) groups is 1. The molecular formula is C24H26N4O2. The molecule has 0 aliphatic carbocycles. The number of pyridine rings is 1. The minimum atomic E-state index is -0.358. The first kappa shape index (κ1) is 19.9. The van der Waals surface area contributed by atoms with Crippen molar-refractivity contribution in [1.82, 2.24) is 9.88 Å². The molecule has 2 heterocycles. The summed E-state index contributed by atoms with van der Waals surface area (Å²) in [5.41, 5.74) is 1.72.